The Morgan fingerprint density at radius 1 is 1.44 bits per heavy atom. The van der Waals surface area contributed by atoms with E-state index in [9.17, 15) is 14.4 Å². The highest BCUT2D eigenvalue weighted by atomic mass is 19.1. The standard InChI is InChI=1S/C19H25FN4O/c1-23-11-8-17(9-12-23)24(2)19(25)16(13-21)14-22-10-7-15-5-3-4-6-18(15)20/h3-6,14,17,22H,7-12H2,1-2H3/b16-14-. The van der Waals surface area contributed by atoms with Crippen LogP contribution in [0.15, 0.2) is 36.0 Å². The molecule has 0 radical (unpaired) electrons. The number of rotatable bonds is 6. The van der Waals surface area contributed by atoms with Gasteiger partial charge in [0.1, 0.15) is 17.5 Å². The van der Waals surface area contributed by atoms with Crippen LogP contribution in [-0.2, 0) is 11.2 Å². The zero-order valence-electron chi connectivity index (χ0n) is 14.8. The molecule has 0 spiro atoms. The van der Waals surface area contributed by atoms with E-state index in [2.05, 4.69) is 17.3 Å². The number of carbonyl (C=O) groups excluding carboxylic acids is 1. The molecule has 1 fully saturated rings. The number of hydrogen-bond acceptors (Lipinski definition) is 4. The maximum atomic E-state index is 13.5. The lowest BCUT2D eigenvalue weighted by Gasteiger charge is -2.34. The number of likely N-dealkylation sites (N-methyl/N-ethyl adjacent to an activating group) is 1. The van der Waals surface area contributed by atoms with Crippen molar-refractivity contribution < 1.29 is 9.18 Å². The Labute approximate surface area is 148 Å². The van der Waals surface area contributed by atoms with Crippen molar-refractivity contribution in [1.29, 1.82) is 5.26 Å². The van der Waals surface area contributed by atoms with E-state index in [0.29, 0.717) is 18.5 Å². The minimum atomic E-state index is -0.268. The van der Waals surface area contributed by atoms with Crippen molar-refractivity contribution in [3.8, 4) is 6.07 Å². The molecule has 0 saturated carbocycles. The van der Waals surface area contributed by atoms with Gasteiger partial charge in [-0.25, -0.2) is 4.39 Å². The average Bonchev–Trinajstić information content (AvgIpc) is 2.63. The minimum Gasteiger partial charge on any atom is -0.389 e. The van der Waals surface area contributed by atoms with Crippen molar-refractivity contribution in [3.63, 3.8) is 0 Å². The summed E-state index contributed by atoms with van der Waals surface area (Å²) in [5, 5.41) is 12.2. The first kappa shape index (κ1) is 18.9. The Bertz CT molecular complexity index is 660. The molecular weight excluding hydrogens is 319 g/mol. The van der Waals surface area contributed by atoms with Crippen molar-refractivity contribution >= 4 is 5.91 Å². The van der Waals surface area contributed by atoms with Crippen molar-refractivity contribution in [2.75, 3.05) is 33.7 Å². The van der Waals surface area contributed by atoms with Gasteiger partial charge < -0.3 is 15.1 Å². The van der Waals surface area contributed by atoms with Crippen LogP contribution in [0.4, 0.5) is 4.39 Å². The summed E-state index contributed by atoms with van der Waals surface area (Å²) in [6.45, 7) is 2.36. The first-order valence-electron chi connectivity index (χ1n) is 8.55. The van der Waals surface area contributed by atoms with Gasteiger partial charge in [0.2, 0.25) is 0 Å². The molecule has 5 nitrogen and oxygen atoms in total. The lowest BCUT2D eigenvalue weighted by atomic mass is 10.0. The Morgan fingerprint density at radius 3 is 2.76 bits per heavy atom. The quantitative estimate of drug-likeness (QED) is 0.487. The van der Waals surface area contributed by atoms with E-state index < -0.39 is 0 Å². The SMILES string of the molecule is CN1CCC(N(C)C(=O)/C(C#N)=C\NCCc2ccccc2F)CC1. The number of hydrogen-bond donors (Lipinski definition) is 1. The molecule has 1 N–H and O–H groups in total. The van der Waals surface area contributed by atoms with Crippen LogP contribution in [0.1, 0.15) is 18.4 Å². The molecular formula is C19H25FN4O. The third-order valence-electron chi connectivity index (χ3n) is 4.65. The second kappa shape index (κ2) is 9.19. The molecule has 2 rings (SSSR count). The second-order valence-corrected chi connectivity index (χ2v) is 6.42. The molecule has 1 aromatic carbocycles. The maximum Gasteiger partial charge on any atom is 0.265 e. The van der Waals surface area contributed by atoms with Gasteiger partial charge >= 0.3 is 0 Å². The van der Waals surface area contributed by atoms with Crippen molar-refractivity contribution in [2.45, 2.75) is 25.3 Å². The van der Waals surface area contributed by atoms with Gasteiger partial charge in [0.15, 0.2) is 0 Å². The van der Waals surface area contributed by atoms with Crippen LogP contribution < -0.4 is 5.32 Å². The van der Waals surface area contributed by atoms with Crippen LogP contribution in [0.5, 0.6) is 0 Å². The molecule has 25 heavy (non-hydrogen) atoms. The average molecular weight is 344 g/mol. The van der Waals surface area contributed by atoms with Crippen LogP contribution in [0, 0.1) is 17.1 Å². The molecule has 6 heteroatoms. The van der Waals surface area contributed by atoms with E-state index >= 15 is 0 Å². The number of nitrogens with zero attached hydrogens (tertiary/aromatic N) is 3. The normalized spacial score (nSPS) is 16.3. The zero-order valence-corrected chi connectivity index (χ0v) is 14.8. The maximum absolute atomic E-state index is 13.5. The van der Waals surface area contributed by atoms with Crippen LogP contribution in [-0.4, -0.2) is 55.5 Å². The lowest BCUT2D eigenvalue weighted by molar-refractivity contribution is -0.128. The molecule has 0 aromatic heterocycles. The molecule has 0 aliphatic carbocycles. The first-order chi connectivity index (χ1) is 12.0. The van der Waals surface area contributed by atoms with Crippen molar-refractivity contribution in [3.05, 3.63) is 47.4 Å². The van der Waals surface area contributed by atoms with Gasteiger partial charge in [0.25, 0.3) is 5.91 Å². The van der Waals surface area contributed by atoms with E-state index in [0.717, 1.165) is 25.9 Å². The monoisotopic (exact) mass is 344 g/mol. The minimum absolute atomic E-state index is 0.0787. The summed E-state index contributed by atoms with van der Waals surface area (Å²) < 4.78 is 13.5. The summed E-state index contributed by atoms with van der Waals surface area (Å²) >= 11 is 0. The highest BCUT2D eigenvalue weighted by Gasteiger charge is 2.25. The van der Waals surface area contributed by atoms with Crippen LogP contribution in [0.3, 0.4) is 0 Å². The number of benzene rings is 1. The fourth-order valence-corrected chi connectivity index (χ4v) is 2.96. The third-order valence-corrected chi connectivity index (χ3v) is 4.65. The van der Waals surface area contributed by atoms with E-state index in [1.54, 1.807) is 30.1 Å². The van der Waals surface area contributed by atoms with Crippen LogP contribution >= 0.6 is 0 Å². The predicted octanol–water partition coefficient (Wildman–Crippen LogP) is 1.92. The molecule has 1 saturated heterocycles. The van der Waals surface area contributed by atoms with E-state index in [4.69, 9.17) is 0 Å². The molecule has 1 heterocycles. The number of carbonyl (C=O) groups is 1. The van der Waals surface area contributed by atoms with Gasteiger partial charge in [0, 0.05) is 25.8 Å². The highest BCUT2D eigenvalue weighted by molar-refractivity contribution is 5.97. The molecule has 0 atom stereocenters. The fourth-order valence-electron chi connectivity index (χ4n) is 2.96. The van der Waals surface area contributed by atoms with Crippen molar-refractivity contribution in [1.82, 2.24) is 15.1 Å². The van der Waals surface area contributed by atoms with Gasteiger partial charge in [0.05, 0.1) is 0 Å². The molecule has 1 aliphatic rings. The number of amides is 1. The molecule has 0 unspecified atom stereocenters. The van der Waals surface area contributed by atoms with Crippen LogP contribution in [0.25, 0.3) is 0 Å². The Kier molecular flexibility index (Phi) is 6.96. The predicted molar refractivity (Wildman–Crippen MR) is 95.1 cm³/mol. The van der Waals surface area contributed by atoms with Gasteiger partial charge in [-0.2, -0.15) is 5.26 Å². The smallest absolute Gasteiger partial charge is 0.265 e. The highest BCUT2D eigenvalue weighted by Crippen LogP contribution is 2.16. The third kappa shape index (κ3) is 5.30. The molecule has 134 valence electrons. The molecule has 1 aromatic rings. The van der Waals surface area contributed by atoms with Gasteiger partial charge in [-0.05, 0) is 51.0 Å². The number of nitriles is 1. The van der Waals surface area contributed by atoms with Gasteiger partial charge in [-0.3, -0.25) is 4.79 Å². The van der Waals surface area contributed by atoms with Crippen molar-refractivity contribution in [2.24, 2.45) is 0 Å². The Balaban J connectivity index is 1.87. The van der Waals surface area contributed by atoms with E-state index in [1.165, 1.54) is 12.3 Å². The zero-order chi connectivity index (χ0) is 18.2. The van der Waals surface area contributed by atoms with Gasteiger partial charge in [-0.1, -0.05) is 18.2 Å². The van der Waals surface area contributed by atoms with Gasteiger partial charge in [-0.15, -0.1) is 0 Å². The summed E-state index contributed by atoms with van der Waals surface area (Å²) in [7, 11) is 3.82. The molecule has 0 bridgehead atoms. The number of piperidine rings is 1. The Morgan fingerprint density at radius 2 is 2.12 bits per heavy atom. The van der Waals surface area contributed by atoms with Crippen LogP contribution in [0.2, 0.25) is 0 Å². The fraction of sp³-hybridized carbons (Fsp3) is 0.474. The van der Waals surface area contributed by atoms with E-state index in [-0.39, 0.29) is 23.3 Å². The number of halogens is 1. The number of likely N-dealkylation sites (tertiary alicyclic amines) is 1. The molecule has 1 amide bonds. The summed E-state index contributed by atoms with van der Waals surface area (Å²) in [5.74, 6) is -0.512. The summed E-state index contributed by atoms with van der Waals surface area (Å²) in [4.78, 5) is 16.4. The largest absolute Gasteiger partial charge is 0.389 e. The van der Waals surface area contributed by atoms with E-state index in [1.807, 2.05) is 6.07 Å². The summed E-state index contributed by atoms with van der Waals surface area (Å²) in [6.07, 6.45) is 3.76. The summed E-state index contributed by atoms with van der Waals surface area (Å²) in [6, 6.07) is 8.72. The lowest BCUT2D eigenvalue weighted by Crippen LogP contribution is -2.45. The second-order valence-electron chi connectivity index (χ2n) is 6.42. The number of nitrogens with one attached hydrogen (secondary N) is 1. The summed E-state index contributed by atoms with van der Waals surface area (Å²) in [5.41, 5.74) is 0.687. The Hall–Kier alpha value is -2.39. The molecule has 1 aliphatic heterocycles. The first-order valence-corrected chi connectivity index (χ1v) is 8.55. The topological polar surface area (TPSA) is 59.4 Å².